The van der Waals surface area contributed by atoms with Crippen LogP contribution in [-0.2, 0) is 76.7 Å². The largest absolute Gasteiger partial charge is 0.394 e. The maximum atomic E-state index is 14.9. The Morgan fingerprint density at radius 3 is 1.37 bits per heavy atom. The van der Waals surface area contributed by atoms with Crippen molar-refractivity contribution in [3.05, 3.63) is 0 Å². The van der Waals surface area contributed by atoms with Gasteiger partial charge in [0, 0.05) is 31.1 Å². The quantitative estimate of drug-likeness (QED) is 0.0807. The lowest BCUT2D eigenvalue weighted by Gasteiger charge is -2.35. The van der Waals surface area contributed by atoms with Crippen LogP contribution in [-0.4, -0.2) is 260 Å². The van der Waals surface area contributed by atoms with Crippen LogP contribution in [0.4, 0.5) is 0 Å². The summed E-state index contributed by atoms with van der Waals surface area (Å²) in [4.78, 5) is 229. The standard InChI is InChI=1S/C58H92N16O19S2/c1-8-26(4)42-53(88)66-34-24-94-95-25-35(67-54(89)44(28(6)76)68-41(80)22-61-46(81)31(20-39(59)78)63-51(86)36-14-11-17-72(36)56(91)32(21-40(60)79)64-49(34)84)50(85)71-45(29(7)77)55(90)62-30(10-3)47(82)65-33(23-75)48(83)70-43(27(5)9-2)58(93)74-19-13-16-38(74)57(92)73-18-12-15-37(73)52(87)69-42/h26-38,42-45,75-77H,8-25H2,1-7H3,(H2,59,78)(H2,60,79)(H,61,81)(H,62,90)(H,63,86)(H,64,84)(H,65,82)(H,66,88)(H,67,89)(H,68,80)(H,69,87)(H,70,83)(H,71,85)/t26-,27-,28+,29+,30?,31-,32-,33-,34-,35-,36-,37-,38-,42-,43-,44-,45-/m0/s1. The third kappa shape index (κ3) is 21.0. The van der Waals surface area contributed by atoms with Crippen LogP contribution in [0, 0.1) is 11.8 Å². The van der Waals surface area contributed by atoms with Gasteiger partial charge in [-0.1, -0.05) is 69.0 Å². The number of fused-ring (bicyclic) bond motifs is 8. The predicted octanol–water partition coefficient (Wildman–Crippen LogP) is -7.66. The van der Waals surface area contributed by atoms with Gasteiger partial charge in [0.1, 0.15) is 78.5 Å². The van der Waals surface area contributed by atoms with Crippen LogP contribution in [0.1, 0.15) is 119 Å². The molecule has 5 aliphatic rings. The number of hydrogen-bond donors (Lipinski definition) is 16. The summed E-state index contributed by atoms with van der Waals surface area (Å²) >= 11 is 0. The number of aliphatic hydroxyl groups excluding tert-OH is 3. The molecule has 0 spiro atoms. The van der Waals surface area contributed by atoms with Crippen LogP contribution < -0.4 is 70.0 Å². The number of carbonyl (C=O) groups is 16. The van der Waals surface area contributed by atoms with Crippen molar-refractivity contribution in [1.29, 1.82) is 0 Å². The molecule has 0 saturated carbocycles. The van der Waals surface area contributed by atoms with Gasteiger partial charge in [0.2, 0.25) is 94.5 Å². The molecule has 0 aromatic carbocycles. The molecule has 16 amide bonds. The predicted molar refractivity (Wildman–Crippen MR) is 339 cm³/mol. The summed E-state index contributed by atoms with van der Waals surface area (Å²) in [5.41, 5.74) is 11.1. The van der Waals surface area contributed by atoms with Crippen molar-refractivity contribution in [1.82, 2.24) is 73.2 Å². The van der Waals surface area contributed by atoms with Gasteiger partial charge in [0.05, 0.1) is 38.2 Å². The summed E-state index contributed by atoms with van der Waals surface area (Å²) < 4.78 is 0. The first-order valence-electron chi connectivity index (χ1n) is 31.9. The topological polar surface area (TPSA) is 528 Å². The lowest BCUT2D eigenvalue weighted by Crippen LogP contribution is -2.63. The summed E-state index contributed by atoms with van der Waals surface area (Å²) in [5.74, 6) is -18.7. The number of rotatable bonds is 12. The van der Waals surface area contributed by atoms with Gasteiger partial charge in [-0.3, -0.25) is 76.7 Å². The van der Waals surface area contributed by atoms with Crippen LogP contribution in [0.15, 0.2) is 0 Å². The second kappa shape index (κ2) is 36.3. The van der Waals surface area contributed by atoms with E-state index in [0.29, 0.717) is 19.3 Å². The maximum Gasteiger partial charge on any atom is 0.246 e. The Labute approximate surface area is 556 Å². The fourth-order valence-electron chi connectivity index (χ4n) is 11.5. The third-order valence-corrected chi connectivity index (χ3v) is 19.8. The van der Waals surface area contributed by atoms with Crippen LogP contribution in [0.2, 0.25) is 0 Å². The summed E-state index contributed by atoms with van der Waals surface area (Å²) in [7, 11) is 1.52. The maximum absolute atomic E-state index is 14.9. The van der Waals surface area contributed by atoms with Gasteiger partial charge in [-0.25, -0.2) is 0 Å². The molecule has 530 valence electrons. The van der Waals surface area contributed by atoms with Gasteiger partial charge in [0.25, 0.3) is 0 Å². The second-order valence-corrected chi connectivity index (χ2v) is 27.0. The van der Waals surface area contributed by atoms with E-state index < -0.39 is 235 Å². The van der Waals surface area contributed by atoms with Crippen molar-refractivity contribution < 1.29 is 92.0 Å². The van der Waals surface area contributed by atoms with Crippen molar-refractivity contribution in [3.63, 3.8) is 0 Å². The number of hydrogen-bond acceptors (Lipinski definition) is 21. The first kappa shape index (κ1) is 77.8. The molecule has 0 aromatic heterocycles. The lowest BCUT2D eigenvalue weighted by atomic mass is 9.96. The summed E-state index contributed by atoms with van der Waals surface area (Å²) in [5, 5.41) is 59.1. The highest BCUT2D eigenvalue weighted by atomic mass is 33.1. The molecule has 95 heavy (non-hydrogen) atoms. The van der Waals surface area contributed by atoms with Crippen LogP contribution in [0.5, 0.6) is 0 Å². The molecule has 1 unspecified atom stereocenters. The Balaban J connectivity index is 1.65. The Hall–Kier alpha value is -7.90. The monoisotopic (exact) mass is 1380 g/mol. The molecule has 5 aliphatic heterocycles. The fraction of sp³-hybridized carbons (Fsp3) is 0.724. The van der Waals surface area contributed by atoms with Crippen LogP contribution in [0.3, 0.4) is 0 Å². The number of nitrogens with one attached hydrogen (secondary N) is 11. The number of aliphatic hydroxyl groups is 3. The number of amides is 16. The van der Waals surface area contributed by atoms with E-state index in [1.807, 2.05) is 0 Å². The van der Waals surface area contributed by atoms with E-state index in [-0.39, 0.29) is 58.2 Å². The van der Waals surface area contributed by atoms with E-state index in [1.54, 1.807) is 27.7 Å². The van der Waals surface area contributed by atoms with Gasteiger partial charge in [-0.2, -0.15) is 0 Å². The molecule has 35 nitrogen and oxygen atoms in total. The number of primary amides is 2. The smallest absolute Gasteiger partial charge is 0.246 e. The van der Waals surface area contributed by atoms with E-state index in [4.69, 9.17) is 11.5 Å². The lowest BCUT2D eigenvalue weighted by molar-refractivity contribution is -0.149. The Bertz CT molecular complexity index is 2890. The first-order chi connectivity index (χ1) is 44.9. The molecule has 37 heteroatoms. The fourth-order valence-corrected chi connectivity index (χ4v) is 13.8. The van der Waals surface area contributed by atoms with Crippen LogP contribution in [0.25, 0.3) is 0 Å². The zero-order valence-corrected chi connectivity index (χ0v) is 55.9. The zero-order valence-electron chi connectivity index (χ0n) is 54.2. The SMILES string of the molecule is CCC1NC(=O)[C@H]([C@@H](C)O)NC(=O)[C@@H]2CSSC[C@H](NC(=O)[C@H]([C@@H](C)CC)NC(=O)[C@@H]3CCCN3C(=O)[C@@H]3CCCN3C(=O)[C@H]([C@@H](C)CC)NC(=O)[C@H](CO)NC1=O)C(=O)N[C@@H](CC(N)=O)C(=O)N1CCC[C@H]1C(=O)N[C@@H](CC(N)=O)C(=O)NCC(=O)N[C@@H]([C@@H](C)O)C(=O)N2. The van der Waals surface area contributed by atoms with Crippen molar-refractivity contribution >= 4 is 116 Å². The number of nitrogens with two attached hydrogens (primary N) is 2. The summed E-state index contributed by atoms with van der Waals surface area (Å²) in [6.45, 7) is 8.39. The highest BCUT2D eigenvalue weighted by Gasteiger charge is 2.47. The molecule has 0 aromatic rings. The van der Waals surface area contributed by atoms with E-state index in [2.05, 4.69) is 58.5 Å². The van der Waals surface area contributed by atoms with Gasteiger partial charge in [-0.05, 0) is 70.6 Å². The average molecular weight is 1380 g/mol. The molecule has 5 fully saturated rings. The molecule has 18 N–H and O–H groups in total. The van der Waals surface area contributed by atoms with Gasteiger partial charge in [0.15, 0.2) is 0 Å². The summed E-state index contributed by atoms with van der Waals surface area (Å²) in [6.07, 6.45) is -3.77. The minimum absolute atomic E-state index is 0.0399. The van der Waals surface area contributed by atoms with Crippen molar-refractivity contribution in [2.45, 2.75) is 210 Å². The van der Waals surface area contributed by atoms with E-state index in [1.165, 1.54) is 16.7 Å². The highest BCUT2D eigenvalue weighted by molar-refractivity contribution is 8.76. The van der Waals surface area contributed by atoms with E-state index >= 15 is 0 Å². The Morgan fingerprint density at radius 2 is 0.853 bits per heavy atom. The normalized spacial score (nSPS) is 30.7. The molecule has 5 rings (SSSR count). The zero-order chi connectivity index (χ0) is 70.7. The molecule has 17 atom stereocenters. The van der Waals surface area contributed by atoms with Crippen molar-refractivity contribution in [2.75, 3.05) is 44.3 Å². The first-order valence-corrected chi connectivity index (χ1v) is 34.4. The minimum Gasteiger partial charge on any atom is -0.394 e. The van der Waals surface area contributed by atoms with E-state index in [9.17, 15) is 92.0 Å². The van der Waals surface area contributed by atoms with Gasteiger partial charge < -0.3 is 100.0 Å². The molecule has 0 aliphatic carbocycles. The van der Waals surface area contributed by atoms with Gasteiger partial charge in [-0.15, -0.1) is 0 Å². The third-order valence-electron chi connectivity index (χ3n) is 17.4. The van der Waals surface area contributed by atoms with Crippen molar-refractivity contribution in [3.8, 4) is 0 Å². The molecule has 5 saturated heterocycles. The molecular formula is C58H92N16O19S2. The average Bonchev–Trinajstić information content (AvgIpc) is 1.69. The van der Waals surface area contributed by atoms with Crippen LogP contribution >= 0.6 is 21.6 Å². The summed E-state index contributed by atoms with van der Waals surface area (Å²) in [6, 6.07) is -20.8. The van der Waals surface area contributed by atoms with E-state index in [0.717, 1.165) is 40.3 Å². The van der Waals surface area contributed by atoms with Crippen molar-refractivity contribution in [2.24, 2.45) is 23.3 Å². The van der Waals surface area contributed by atoms with Gasteiger partial charge >= 0.3 is 0 Å². The molecule has 5 heterocycles. The minimum atomic E-state index is -1.95. The molecule has 0 radical (unpaired) electrons. The molecular weight excluding hydrogens is 1290 g/mol. The Morgan fingerprint density at radius 1 is 0.453 bits per heavy atom. The second-order valence-electron chi connectivity index (χ2n) is 24.4. The Kier molecular flexibility index (Phi) is 29.7. The number of carbonyl (C=O) groups excluding carboxylic acids is 16. The molecule has 2 bridgehead atoms. The highest BCUT2D eigenvalue weighted by Crippen LogP contribution is 2.29. The number of nitrogens with zero attached hydrogens (tertiary/aromatic N) is 3.